The third-order valence-corrected chi connectivity index (χ3v) is 4.09. The maximum absolute atomic E-state index is 4.30. The molecule has 2 aromatic heterocycles. The van der Waals surface area contributed by atoms with Crippen LogP contribution in [0.5, 0.6) is 0 Å². The lowest BCUT2D eigenvalue weighted by Crippen LogP contribution is -2.32. The number of nitrogens with zero attached hydrogens (tertiary/aromatic N) is 3. The zero-order chi connectivity index (χ0) is 13.7. The summed E-state index contributed by atoms with van der Waals surface area (Å²) in [6.07, 6.45) is 5.00. The Labute approximate surface area is 119 Å². The SMILES string of the molecule is CC(C)CNCCN(C)CCc1csc2nccn12. The van der Waals surface area contributed by atoms with Gasteiger partial charge in [-0.1, -0.05) is 13.8 Å². The summed E-state index contributed by atoms with van der Waals surface area (Å²) in [7, 11) is 2.19. The van der Waals surface area contributed by atoms with Crippen molar-refractivity contribution in [2.24, 2.45) is 5.92 Å². The van der Waals surface area contributed by atoms with E-state index in [-0.39, 0.29) is 0 Å². The van der Waals surface area contributed by atoms with E-state index in [0.717, 1.165) is 43.5 Å². The van der Waals surface area contributed by atoms with Gasteiger partial charge in [-0.05, 0) is 19.5 Å². The second-order valence-electron chi connectivity index (χ2n) is 5.46. The van der Waals surface area contributed by atoms with Gasteiger partial charge in [0, 0.05) is 49.5 Å². The van der Waals surface area contributed by atoms with E-state index in [1.54, 1.807) is 11.3 Å². The molecule has 0 atom stereocenters. The first kappa shape index (κ1) is 14.5. The van der Waals surface area contributed by atoms with Crippen molar-refractivity contribution in [1.29, 1.82) is 0 Å². The highest BCUT2D eigenvalue weighted by molar-refractivity contribution is 7.15. The quantitative estimate of drug-likeness (QED) is 0.752. The van der Waals surface area contributed by atoms with Gasteiger partial charge in [-0.3, -0.25) is 4.40 Å². The molecule has 0 spiro atoms. The fourth-order valence-corrected chi connectivity index (χ4v) is 2.92. The van der Waals surface area contributed by atoms with Crippen molar-refractivity contribution >= 4 is 16.3 Å². The Morgan fingerprint density at radius 2 is 2.26 bits per heavy atom. The Balaban J connectivity index is 1.69. The summed E-state index contributed by atoms with van der Waals surface area (Å²) in [5.74, 6) is 0.727. The molecule has 0 saturated heterocycles. The number of rotatable bonds is 8. The number of likely N-dealkylation sites (N-methyl/N-ethyl adjacent to an activating group) is 1. The van der Waals surface area contributed by atoms with Crippen molar-refractivity contribution in [3.05, 3.63) is 23.5 Å². The average Bonchev–Trinajstić information content (AvgIpc) is 2.95. The highest BCUT2D eigenvalue weighted by atomic mass is 32.1. The molecular weight excluding hydrogens is 256 g/mol. The fraction of sp³-hybridized carbons (Fsp3) is 0.643. The molecule has 0 aliphatic heterocycles. The predicted molar refractivity (Wildman–Crippen MR) is 82.0 cm³/mol. The molecule has 1 N–H and O–H groups in total. The first-order valence-corrected chi connectivity index (χ1v) is 7.83. The van der Waals surface area contributed by atoms with Crippen LogP contribution in [0, 0.1) is 5.92 Å². The van der Waals surface area contributed by atoms with E-state index < -0.39 is 0 Å². The molecule has 0 aliphatic rings. The van der Waals surface area contributed by atoms with Crippen molar-refractivity contribution in [1.82, 2.24) is 19.6 Å². The average molecular weight is 280 g/mol. The van der Waals surface area contributed by atoms with Gasteiger partial charge in [0.1, 0.15) is 0 Å². The molecule has 0 aliphatic carbocycles. The van der Waals surface area contributed by atoms with Crippen molar-refractivity contribution in [2.75, 3.05) is 33.2 Å². The summed E-state index contributed by atoms with van der Waals surface area (Å²) < 4.78 is 2.19. The first-order chi connectivity index (χ1) is 9.16. The molecule has 5 heteroatoms. The summed E-state index contributed by atoms with van der Waals surface area (Å²) >= 11 is 1.72. The molecule has 2 aromatic rings. The molecule has 2 rings (SSSR count). The van der Waals surface area contributed by atoms with Crippen LogP contribution in [0.25, 0.3) is 4.96 Å². The van der Waals surface area contributed by atoms with E-state index in [4.69, 9.17) is 0 Å². The van der Waals surface area contributed by atoms with Gasteiger partial charge < -0.3 is 10.2 Å². The minimum absolute atomic E-state index is 0.727. The largest absolute Gasteiger partial charge is 0.315 e. The van der Waals surface area contributed by atoms with E-state index >= 15 is 0 Å². The van der Waals surface area contributed by atoms with Gasteiger partial charge in [0.05, 0.1) is 0 Å². The van der Waals surface area contributed by atoms with Gasteiger partial charge in [0.25, 0.3) is 0 Å². The van der Waals surface area contributed by atoms with E-state index in [2.05, 4.69) is 45.9 Å². The third kappa shape index (κ3) is 4.30. The zero-order valence-corrected chi connectivity index (χ0v) is 12.9. The number of hydrogen-bond donors (Lipinski definition) is 1. The summed E-state index contributed by atoms with van der Waals surface area (Å²) in [5.41, 5.74) is 1.36. The monoisotopic (exact) mass is 280 g/mol. The Morgan fingerprint density at radius 1 is 1.42 bits per heavy atom. The van der Waals surface area contributed by atoms with Gasteiger partial charge >= 0.3 is 0 Å². The van der Waals surface area contributed by atoms with Crippen molar-refractivity contribution in [3.8, 4) is 0 Å². The van der Waals surface area contributed by atoms with Crippen molar-refractivity contribution < 1.29 is 0 Å². The van der Waals surface area contributed by atoms with Gasteiger partial charge in [0.2, 0.25) is 0 Å². The highest BCUT2D eigenvalue weighted by Gasteiger charge is 2.05. The molecule has 19 heavy (non-hydrogen) atoms. The zero-order valence-electron chi connectivity index (χ0n) is 12.1. The molecule has 0 saturated carbocycles. The minimum atomic E-state index is 0.727. The molecule has 0 amide bonds. The maximum atomic E-state index is 4.30. The van der Waals surface area contributed by atoms with Gasteiger partial charge in [-0.15, -0.1) is 11.3 Å². The number of nitrogens with one attached hydrogen (secondary N) is 1. The number of aromatic nitrogens is 2. The van der Waals surface area contributed by atoms with Crippen LogP contribution in [-0.4, -0.2) is 47.5 Å². The number of hydrogen-bond acceptors (Lipinski definition) is 4. The van der Waals surface area contributed by atoms with E-state index in [1.165, 1.54) is 5.69 Å². The normalized spacial score (nSPS) is 12.1. The lowest BCUT2D eigenvalue weighted by molar-refractivity contribution is 0.331. The van der Waals surface area contributed by atoms with Crippen LogP contribution in [0.4, 0.5) is 0 Å². The molecule has 0 aromatic carbocycles. The van der Waals surface area contributed by atoms with Crippen LogP contribution in [0.1, 0.15) is 19.5 Å². The fourth-order valence-electron chi connectivity index (χ4n) is 2.03. The van der Waals surface area contributed by atoms with Crippen LogP contribution in [-0.2, 0) is 6.42 Å². The van der Waals surface area contributed by atoms with Crippen LogP contribution in [0.2, 0.25) is 0 Å². The van der Waals surface area contributed by atoms with Crippen LogP contribution >= 0.6 is 11.3 Å². The number of thiazole rings is 1. The van der Waals surface area contributed by atoms with Gasteiger partial charge in [-0.25, -0.2) is 4.98 Å². The predicted octanol–water partition coefficient (Wildman–Crippen LogP) is 2.12. The smallest absolute Gasteiger partial charge is 0.193 e. The third-order valence-electron chi connectivity index (χ3n) is 3.19. The summed E-state index contributed by atoms with van der Waals surface area (Å²) in [5, 5.41) is 5.70. The van der Waals surface area contributed by atoms with Crippen LogP contribution in [0.3, 0.4) is 0 Å². The molecular formula is C14H24N4S. The summed E-state index contributed by atoms with van der Waals surface area (Å²) in [4.78, 5) is 7.78. The lowest BCUT2D eigenvalue weighted by Gasteiger charge is -2.17. The van der Waals surface area contributed by atoms with E-state index in [9.17, 15) is 0 Å². The number of imidazole rings is 1. The maximum Gasteiger partial charge on any atom is 0.193 e. The molecule has 0 radical (unpaired) electrons. The Bertz CT molecular complexity index is 488. The van der Waals surface area contributed by atoms with Crippen molar-refractivity contribution in [3.63, 3.8) is 0 Å². The number of fused-ring (bicyclic) bond motifs is 1. The second-order valence-corrected chi connectivity index (χ2v) is 6.29. The van der Waals surface area contributed by atoms with Gasteiger partial charge in [-0.2, -0.15) is 0 Å². The Morgan fingerprint density at radius 3 is 3.05 bits per heavy atom. The molecule has 0 unspecified atom stereocenters. The van der Waals surface area contributed by atoms with Crippen molar-refractivity contribution in [2.45, 2.75) is 20.3 Å². The highest BCUT2D eigenvalue weighted by Crippen LogP contribution is 2.14. The van der Waals surface area contributed by atoms with E-state index in [0.29, 0.717) is 0 Å². The summed E-state index contributed by atoms with van der Waals surface area (Å²) in [6, 6.07) is 0. The molecule has 0 bridgehead atoms. The van der Waals surface area contributed by atoms with E-state index in [1.807, 2.05) is 12.4 Å². The Hall–Kier alpha value is -0.910. The lowest BCUT2D eigenvalue weighted by atomic mass is 10.2. The summed E-state index contributed by atoms with van der Waals surface area (Å²) in [6.45, 7) is 8.84. The van der Waals surface area contributed by atoms with Crippen LogP contribution < -0.4 is 5.32 Å². The second kappa shape index (κ2) is 7.03. The molecule has 106 valence electrons. The molecule has 2 heterocycles. The standard InChI is InChI=1S/C14H24N4S/c1-12(2)10-15-5-8-17(3)7-4-13-11-19-14-16-6-9-18(13)14/h6,9,11-12,15H,4-5,7-8,10H2,1-3H3. The van der Waals surface area contributed by atoms with Crippen LogP contribution in [0.15, 0.2) is 17.8 Å². The topological polar surface area (TPSA) is 32.6 Å². The first-order valence-electron chi connectivity index (χ1n) is 6.95. The van der Waals surface area contributed by atoms with Gasteiger partial charge in [0.15, 0.2) is 4.96 Å². The Kier molecular flexibility index (Phi) is 5.36. The minimum Gasteiger partial charge on any atom is -0.315 e. The molecule has 0 fully saturated rings. The molecule has 4 nitrogen and oxygen atoms in total.